The molecule has 1 amide bonds. The van der Waals surface area contributed by atoms with E-state index in [2.05, 4.69) is 9.88 Å². The molecule has 0 unspecified atom stereocenters. The van der Waals surface area contributed by atoms with E-state index in [-0.39, 0.29) is 17.9 Å². The summed E-state index contributed by atoms with van der Waals surface area (Å²) in [6.45, 7) is 4.41. The second kappa shape index (κ2) is 9.39. The zero-order chi connectivity index (χ0) is 23.5. The largest absolute Gasteiger partial charge is 0.484 e. The summed E-state index contributed by atoms with van der Waals surface area (Å²) in [5.74, 6) is 1.89. The van der Waals surface area contributed by atoms with Crippen molar-refractivity contribution in [1.82, 2.24) is 9.88 Å². The summed E-state index contributed by atoms with van der Waals surface area (Å²) in [5.41, 5.74) is 1.74. The molecule has 34 heavy (non-hydrogen) atoms. The first-order valence-electron chi connectivity index (χ1n) is 11.3. The Hall–Kier alpha value is -4.13. The van der Waals surface area contributed by atoms with E-state index < -0.39 is 0 Å². The summed E-state index contributed by atoms with van der Waals surface area (Å²) in [6, 6.07) is 20.4. The number of fused-ring (bicyclic) bond motifs is 1. The van der Waals surface area contributed by atoms with E-state index in [1.165, 1.54) is 0 Å². The maximum Gasteiger partial charge on any atom is 0.260 e. The van der Waals surface area contributed by atoms with Crippen molar-refractivity contribution in [2.45, 2.75) is 6.92 Å². The number of ether oxygens (including phenoxy) is 1. The van der Waals surface area contributed by atoms with Gasteiger partial charge in [0.1, 0.15) is 22.9 Å². The van der Waals surface area contributed by atoms with Gasteiger partial charge in [-0.25, -0.2) is 4.98 Å². The van der Waals surface area contributed by atoms with E-state index in [1.54, 1.807) is 36.2 Å². The van der Waals surface area contributed by atoms with Gasteiger partial charge in [0.15, 0.2) is 6.61 Å². The molecule has 1 aliphatic rings. The molecule has 2 aromatic heterocycles. The number of rotatable bonds is 5. The maximum atomic E-state index is 13.1. The van der Waals surface area contributed by atoms with E-state index in [1.807, 2.05) is 48.5 Å². The summed E-state index contributed by atoms with van der Waals surface area (Å²) in [5, 5.41) is 0.480. The zero-order valence-electron chi connectivity index (χ0n) is 18.9. The van der Waals surface area contributed by atoms with Crippen LogP contribution in [0.4, 0.5) is 5.82 Å². The highest BCUT2D eigenvalue weighted by Gasteiger charge is 2.22. The van der Waals surface area contributed by atoms with Gasteiger partial charge >= 0.3 is 0 Å². The molecule has 1 aliphatic heterocycles. The number of amides is 1. The third kappa shape index (κ3) is 4.37. The zero-order valence-corrected chi connectivity index (χ0v) is 18.9. The Morgan fingerprint density at radius 2 is 1.76 bits per heavy atom. The third-order valence-electron chi connectivity index (χ3n) is 6.07. The van der Waals surface area contributed by atoms with Gasteiger partial charge < -0.3 is 19.0 Å². The fourth-order valence-electron chi connectivity index (χ4n) is 4.28. The number of carbonyl (C=O) groups excluding carboxylic acids is 1. The topological polar surface area (TPSA) is 75.9 Å². The molecule has 5 rings (SSSR count). The van der Waals surface area contributed by atoms with Gasteiger partial charge in [-0.05, 0) is 36.8 Å². The van der Waals surface area contributed by atoms with Gasteiger partial charge in [0.25, 0.3) is 5.91 Å². The Kier molecular flexibility index (Phi) is 5.99. The molecule has 7 nitrogen and oxygen atoms in total. The van der Waals surface area contributed by atoms with Crippen LogP contribution in [0.2, 0.25) is 0 Å². The lowest BCUT2D eigenvalue weighted by atomic mass is 10.0. The summed E-state index contributed by atoms with van der Waals surface area (Å²) >= 11 is 0. The van der Waals surface area contributed by atoms with Crippen LogP contribution in [-0.4, -0.2) is 48.6 Å². The van der Waals surface area contributed by atoms with Crippen molar-refractivity contribution in [3.63, 3.8) is 0 Å². The number of hydrogen-bond acceptors (Lipinski definition) is 6. The number of anilines is 1. The van der Waals surface area contributed by atoms with Gasteiger partial charge in [0.05, 0.1) is 10.9 Å². The summed E-state index contributed by atoms with van der Waals surface area (Å²) in [4.78, 5) is 34.1. The van der Waals surface area contributed by atoms with Crippen LogP contribution in [0.25, 0.3) is 22.1 Å². The van der Waals surface area contributed by atoms with Crippen LogP contribution in [0.5, 0.6) is 5.75 Å². The summed E-state index contributed by atoms with van der Waals surface area (Å²) in [7, 11) is 0. The normalized spacial score (nSPS) is 13.8. The quantitative estimate of drug-likeness (QED) is 0.455. The Morgan fingerprint density at radius 1 is 1.00 bits per heavy atom. The molecule has 172 valence electrons. The van der Waals surface area contributed by atoms with Gasteiger partial charge in [0, 0.05) is 38.4 Å². The van der Waals surface area contributed by atoms with Crippen LogP contribution in [0, 0.1) is 6.92 Å². The standard InChI is InChI=1S/C27H25N3O4/c1-19-26(20-7-3-2-4-8-20)27(32)22-11-10-21(17-23(22)34-19)33-18-25(31)30-15-13-29(14-16-30)24-9-5-6-12-28-24/h2-12,17H,13-16,18H2,1H3. The molecule has 3 heterocycles. The number of aromatic nitrogens is 1. The first-order chi connectivity index (χ1) is 16.6. The van der Waals surface area contributed by atoms with Gasteiger partial charge in [0.2, 0.25) is 5.43 Å². The average molecular weight is 456 g/mol. The highest BCUT2D eigenvalue weighted by Crippen LogP contribution is 2.26. The van der Waals surface area contributed by atoms with Crippen molar-refractivity contribution in [3.05, 3.63) is 88.9 Å². The minimum Gasteiger partial charge on any atom is -0.484 e. The van der Waals surface area contributed by atoms with Gasteiger partial charge in [-0.3, -0.25) is 9.59 Å². The van der Waals surface area contributed by atoms with Crippen LogP contribution in [0.1, 0.15) is 5.76 Å². The van der Waals surface area contributed by atoms with E-state index in [9.17, 15) is 9.59 Å². The SMILES string of the molecule is Cc1oc2cc(OCC(=O)N3CCN(c4ccccn4)CC3)ccc2c(=O)c1-c1ccccc1. The molecule has 0 spiro atoms. The van der Waals surface area contributed by atoms with Crippen LogP contribution in [0.15, 0.2) is 82.1 Å². The second-order valence-electron chi connectivity index (χ2n) is 8.23. The van der Waals surface area contributed by atoms with Crippen molar-refractivity contribution in [2.24, 2.45) is 0 Å². The van der Waals surface area contributed by atoms with E-state index in [0.29, 0.717) is 41.1 Å². The predicted octanol–water partition coefficient (Wildman–Crippen LogP) is 3.89. The molecular formula is C27H25N3O4. The lowest BCUT2D eigenvalue weighted by molar-refractivity contribution is -0.133. The molecular weight excluding hydrogens is 430 g/mol. The highest BCUT2D eigenvalue weighted by molar-refractivity contribution is 5.84. The molecule has 0 aliphatic carbocycles. The number of pyridine rings is 1. The van der Waals surface area contributed by atoms with Crippen LogP contribution in [-0.2, 0) is 4.79 Å². The Morgan fingerprint density at radius 3 is 2.50 bits per heavy atom. The van der Waals surface area contributed by atoms with Gasteiger partial charge in [-0.1, -0.05) is 36.4 Å². The van der Waals surface area contributed by atoms with Crippen molar-refractivity contribution in [2.75, 3.05) is 37.7 Å². The highest BCUT2D eigenvalue weighted by atomic mass is 16.5. The molecule has 2 aromatic carbocycles. The Bertz CT molecular complexity index is 1360. The van der Waals surface area contributed by atoms with E-state index >= 15 is 0 Å². The predicted molar refractivity (Wildman–Crippen MR) is 131 cm³/mol. The molecule has 0 bridgehead atoms. The second-order valence-corrected chi connectivity index (χ2v) is 8.23. The first-order valence-corrected chi connectivity index (χ1v) is 11.3. The minimum absolute atomic E-state index is 0.0690. The van der Waals surface area contributed by atoms with Gasteiger partial charge in [-0.2, -0.15) is 0 Å². The summed E-state index contributed by atoms with van der Waals surface area (Å²) < 4.78 is 11.7. The first kappa shape index (κ1) is 21.7. The summed E-state index contributed by atoms with van der Waals surface area (Å²) in [6.07, 6.45) is 1.77. The Balaban J connectivity index is 1.25. The van der Waals surface area contributed by atoms with Crippen molar-refractivity contribution in [1.29, 1.82) is 0 Å². The molecule has 4 aromatic rings. The number of nitrogens with zero attached hydrogens (tertiary/aromatic N) is 3. The number of carbonyl (C=O) groups is 1. The third-order valence-corrected chi connectivity index (χ3v) is 6.07. The smallest absolute Gasteiger partial charge is 0.260 e. The number of aryl methyl sites for hydroxylation is 1. The molecule has 0 N–H and O–H groups in total. The Labute approximate surface area is 197 Å². The number of hydrogen-bond donors (Lipinski definition) is 0. The lowest BCUT2D eigenvalue weighted by Crippen LogP contribution is -2.50. The molecule has 7 heteroatoms. The van der Waals surface area contributed by atoms with E-state index in [0.717, 1.165) is 24.5 Å². The fraction of sp³-hybridized carbons (Fsp3) is 0.222. The van der Waals surface area contributed by atoms with Crippen LogP contribution >= 0.6 is 0 Å². The monoisotopic (exact) mass is 455 g/mol. The molecule has 0 atom stereocenters. The van der Waals surface area contributed by atoms with Crippen molar-refractivity contribution in [3.8, 4) is 16.9 Å². The van der Waals surface area contributed by atoms with Crippen molar-refractivity contribution >= 4 is 22.7 Å². The van der Waals surface area contributed by atoms with Crippen LogP contribution < -0.4 is 15.1 Å². The fourth-order valence-corrected chi connectivity index (χ4v) is 4.28. The minimum atomic E-state index is -0.0849. The average Bonchev–Trinajstić information content (AvgIpc) is 2.88. The lowest BCUT2D eigenvalue weighted by Gasteiger charge is -2.35. The molecule has 0 saturated carbocycles. The number of piperazine rings is 1. The maximum absolute atomic E-state index is 13.1. The molecule has 1 fully saturated rings. The van der Waals surface area contributed by atoms with Crippen molar-refractivity contribution < 1.29 is 13.9 Å². The molecule has 1 saturated heterocycles. The number of benzene rings is 2. The van der Waals surface area contributed by atoms with Crippen LogP contribution in [0.3, 0.4) is 0 Å². The van der Waals surface area contributed by atoms with E-state index in [4.69, 9.17) is 9.15 Å². The molecule has 0 radical (unpaired) electrons. The van der Waals surface area contributed by atoms with Gasteiger partial charge in [-0.15, -0.1) is 0 Å².